The standard InChI is InChI=1S/C19H17FN2O2S/c1-14-2-10-19(11-3-14)25(23,24)22-21-13-17-8-9-18(20)12-16(17)7-6-15-4-5-15/h2-3,8-13,15,22H,4-5H2,1H3/b21-13+. The maximum absolute atomic E-state index is 13.4. The lowest BCUT2D eigenvalue weighted by Gasteiger charge is -2.04. The molecule has 0 amide bonds. The molecule has 128 valence electrons. The van der Waals surface area contributed by atoms with Gasteiger partial charge in [-0.05, 0) is 50.1 Å². The monoisotopic (exact) mass is 356 g/mol. The van der Waals surface area contributed by atoms with Crippen LogP contribution in [0.2, 0.25) is 0 Å². The van der Waals surface area contributed by atoms with Crippen molar-refractivity contribution < 1.29 is 12.8 Å². The molecule has 0 saturated heterocycles. The highest BCUT2D eigenvalue weighted by Crippen LogP contribution is 2.27. The van der Waals surface area contributed by atoms with Crippen molar-refractivity contribution in [3.63, 3.8) is 0 Å². The van der Waals surface area contributed by atoms with E-state index in [0.717, 1.165) is 18.4 Å². The average molecular weight is 356 g/mol. The van der Waals surface area contributed by atoms with Crippen LogP contribution in [-0.2, 0) is 10.0 Å². The van der Waals surface area contributed by atoms with Crippen molar-refractivity contribution in [1.29, 1.82) is 0 Å². The van der Waals surface area contributed by atoms with Crippen LogP contribution in [-0.4, -0.2) is 14.6 Å². The molecule has 0 aromatic heterocycles. The number of benzene rings is 2. The zero-order valence-electron chi connectivity index (χ0n) is 13.7. The first kappa shape index (κ1) is 17.2. The first-order valence-corrected chi connectivity index (χ1v) is 9.35. The number of aryl methyl sites for hydroxylation is 1. The molecule has 0 aliphatic heterocycles. The van der Waals surface area contributed by atoms with Crippen LogP contribution in [0.4, 0.5) is 4.39 Å². The smallest absolute Gasteiger partial charge is 0.207 e. The van der Waals surface area contributed by atoms with E-state index in [4.69, 9.17) is 0 Å². The Bertz CT molecular complexity index is 967. The van der Waals surface area contributed by atoms with Crippen molar-refractivity contribution in [3.8, 4) is 11.8 Å². The van der Waals surface area contributed by atoms with E-state index in [-0.39, 0.29) is 4.90 Å². The molecule has 0 unspecified atom stereocenters. The Morgan fingerprint density at radius 2 is 1.92 bits per heavy atom. The maximum atomic E-state index is 13.4. The molecule has 2 aromatic rings. The SMILES string of the molecule is Cc1ccc(S(=O)(=O)N/N=C/c2ccc(F)cc2C#CC2CC2)cc1. The lowest BCUT2D eigenvalue weighted by molar-refractivity contribution is 0.584. The van der Waals surface area contributed by atoms with Gasteiger partial charge in [-0.3, -0.25) is 0 Å². The predicted octanol–water partition coefficient (Wildman–Crippen LogP) is 3.21. The van der Waals surface area contributed by atoms with Crippen LogP contribution in [0.5, 0.6) is 0 Å². The third-order valence-corrected chi connectivity index (χ3v) is 4.95. The molecule has 1 N–H and O–H groups in total. The van der Waals surface area contributed by atoms with Crippen molar-refractivity contribution >= 4 is 16.2 Å². The Morgan fingerprint density at radius 1 is 1.20 bits per heavy atom. The number of sulfonamides is 1. The summed E-state index contributed by atoms with van der Waals surface area (Å²) in [5, 5.41) is 3.79. The molecule has 25 heavy (non-hydrogen) atoms. The first-order chi connectivity index (χ1) is 11.9. The molecule has 1 fully saturated rings. The number of halogens is 1. The van der Waals surface area contributed by atoms with Gasteiger partial charge in [-0.2, -0.15) is 13.5 Å². The maximum Gasteiger partial charge on any atom is 0.276 e. The molecule has 0 bridgehead atoms. The van der Waals surface area contributed by atoms with Gasteiger partial charge in [0.15, 0.2) is 0 Å². The zero-order valence-corrected chi connectivity index (χ0v) is 14.5. The van der Waals surface area contributed by atoms with E-state index in [1.54, 1.807) is 12.1 Å². The zero-order chi connectivity index (χ0) is 17.9. The summed E-state index contributed by atoms with van der Waals surface area (Å²) in [6, 6.07) is 10.6. The molecule has 0 radical (unpaired) electrons. The highest BCUT2D eigenvalue weighted by molar-refractivity contribution is 7.89. The Balaban J connectivity index is 1.78. The number of hydrogen-bond acceptors (Lipinski definition) is 3. The van der Waals surface area contributed by atoms with Gasteiger partial charge >= 0.3 is 0 Å². The number of nitrogens with one attached hydrogen (secondary N) is 1. The van der Waals surface area contributed by atoms with Crippen LogP contribution in [0.1, 0.15) is 29.5 Å². The number of rotatable bonds is 4. The fourth-order valence-electron chi connectivity index (χ4n) is 2.09. The second kappa shape index (κ2) is 7.08. The van der Waals surface area contributed by atoms with Crippen LogP contribution in [0.3, 0.4) is 0 Å². The second-order valence-corrected chi connectivity index (χ2v) is 7.60. The summed E-state index contributed by atoms with van der Waals surface area (Å²) >= 11 is 0. The van der Waals surface area contributed by atoms with E-state index in [1.165, 1.54) is 36.5 Å². The predicted molar refractivity (Wildman–Crippen MR) is 95.1 cm³/mol. The third-order valence-electron chi connectivity index (χ3n) is 3.71. The Kier molecular flexibility index (Phi) is 4.86. The van der Waals surface area contributed by atoms with Crippen molar-refractivity contribution in [1.82, 2.24) is 4.83 Å². The van der Waals surface area contributed by atoms with Crippen LogP contribution in [0, 0.1) is 30.5 Å². The van der Waals surface area contributed by atoms with Crippen LogP contribution >= 0.6 is 0 Å². The summed E-state index contributed by atoms with van der Waals surface area (Å²) in [5.74, 6) is 6.00. The van der Waals surface area contributed by atoms with E-state index in [9.17, 15) is 12.8 Å². The van der Waals surface area contributed by atoms with E-state index in [1.807, 2.05) is 6.92 Å². The van der Waals surface area contributed by atoms with Gasteiger partial charge in [0.2, 0.25) is 0 Å². The molecule has 6 heteroatoms. The minimum Gasteiger partial charge on any atom is -0.207 e. The first-order valence-electron chi connectivity index (χ1n) is 7.87. The van der Waals surface area contributed by atoms with Gasteiger partial charge < -0.3 is 0 Å². The van der Waals surface area contributed by atoms with Gasteiger partial charge in [0.1, 0.15) is 5.82 Å². The average Bonchev–Trinajstić information content (AvgIpc) is 3.39. The highest BCUT2D eigenvalue weighted by Gasteiger charge is 2.18. The normalized spacial score (nSPS) is 14.2. The number of hydrazone groups is 1. The summed E-state index contributed by atoms with van der Waals surface area (Å²) in [7, 11) is -3.74. The third kappa shape index (κ3) is 4.68. The van der Waals surface area contributed by atoms with Crippen molar-refractivity contribution in [2.24, 2.45) is 11.0 Å². The Labute approximate surface area is 146 Å². The summed E-state index contributed by atoms with van der Waals surface area (Å²) in [6.45, 7) is 1.88. The minimum atomic E-state index is -3.74. The van der Waals surface area contributed by atoms with Gasteiger partial charge in [-0.1, -0.05) is 29.5 Å². The quantitative estimate of drug-likeness (QED) is 0.520. The molecular weight excluding hydrogens is 339 g/mol. The summed E-state index contributed by atoms with van der Waals surface area (Å²) in [4.78, 5) is 2.29. The molecule has 1 aliphatic rings. The molecule has 3 rings (SSSR count). The van der Waals surface area contributed by atoms with Gasteiger partial charge in [0.05, 0.1) is 11.1 Å². The fraction of sp³-hybridized carbons (Fsp3) is 0.211. The van der Waals surface area contributed by atoms with Crippen molar-refractivity contribution in [2.45, 2.75) is 24.7 Å². The van der Waals surface area contributed by atoms with Crippen molar-refractivity contribution in [3.05, 3.63) is 65.0 Å². The van der Waals surface area contributed by atoms with Gasteiger partial charge in [-0.15, -0.1) is 0 Å². The van der Waals surface area contributed by atoms with Crippen LogP contribution < -0.4 is 4.83 Å². The molecule has 4 nitrogen and oxygen atoms in total. The lowest BCUT2D eigenvalue weighted by Crippen LogP contribution is -2.18. The summed E-state index contributed by atoms with van der Waals surface area (Å²) in [6.07, 6.45) is 3.48. The van der Waals surface area contributed by atoms with Crippen molar-refractivity contribution in [2.75, 3.05) is 0 Å². The minimum absolute atomic E-state index is 0.128. The lowest BCUT2D eigenvalue weighted by atomic mass is 10.1. The molecule has 0 heterocycles. The van der Waals surface area contributed by atoms with Gasteiger partial charge in [0.25, 0.3) is 10.0 Å². The second-order valence-electron chi connectivity index (χ2n) is 5.94. The summed E-state index contributed by atoms with van der Waals surface area (Å²) in [5.41, 5.74) is 2.01. The highest BCUT2D eigenvalue weighted by atomic mass is 32.2. The Morgan fingerprint density at radius 3 is 2.60 bits per heavy atom. The summed E-state index contributed by atoms with van der Waals surface area (Å²) < 4.78 is 37.8. The Hall–Kier alpha value is -2.65. The van der Waals surface area contributed by atoms with Gasteiger partial charge in [0, 0.05) is 17.0 Å². The molecule has 1 aliphatic carbocycles. The van der Waals surface area contributed by atoms with E-state index < -0.39 is 15.8 Å². The number of nitrogens with zero attached hydrogens (tertiary/aromatic N) is 1. The fourth-order valence-corrected chi connectivity index (χ4v) is 2.88. The van der Waals surface area contributed by atoms with E-state index >= 15 is 0 Å². The van der Waals surface area contributed by atoms with E-state index in [0.29, 0.717) is 17.0 Å². The van der Waals surface area contributed by atoms with E-state index in [2.05, 4.69) is 21.8 Å². The molecule has 1 saturated carbocycles. The molecule has 0 spiro atoms. The molecule has 0 atom stereocenters. The van der Waals surface area contributed by atoms with Gasteiger partial charge in [-0.25, -0.2) is 9.22 Å². The van der Waals surface area contributed by atoms with Crippen LogP contribution in [0.25, 0.3) is 0 Å². The largest absolute Gasteiger partial charge is 0.276 e. The molecular formula is C19H17FN2O2S. The molecule has 2 aromatic carbocycles. The van der Waals surface area contributed by atoms with Crippen LogP contribution in [0.15, 0.2) is 52.5 Å². The number of hydrogen-bond donors (Lipinski definition) is 1. The topological polar surface area (TPSA) is 58.5 Å².